The standard InChI is InChI=1S/C21H25N5O/c1-15-18(17-5-3-4-6-19(17)23-15)13-21(27)24-16-7-8-20(22-14-16)26-11-9-25(2)10-12-26/h3-8,14,23H,9-13H2,1-2H3,(H,24,27). The van der Waals surface area contributed by atoms with Crippen molar-refractivity contribution in [3.8, 4) is 0 Å². The average Bonchev–Trinajstić information content (AvgIpc) is 2.98. The zero-order chi connectivity index (χ0) is 18.8. The van der Waals surface area contributed by atoms with Gasteiger partial charge in [0.15, 0.2) is 0 Å². The monoisotopic (exact) mass is 363 g/mol. The fraction of sp³-hybridized carbons (Fsp3) is 0.333. The third-order valence-electron chi connectivity index (χ3n) is 5.22. The van der Waals surface area contributed by atoms with Gasteiger partial charge in [-0.25, -0.2) is 4.98 Å². The zero-order valence-electron chi connectivity index (χ0n) is 15.8. The van der Waals surface area contributed by atoms with Crippen LogP contribution in [0.15, 0.2) is 42.6 Å². The quantitative estimate of drug-likeness (QED) is 0.748. The lowest BCUT2D eigenvalue weighted by molar-refractivity contribution is -0.115. The molecule has 0 unspecified atom stereocenters. The summed E-state index contributed by atoms with van der Waals surface area (Å²) in [6.07, 6.45) is 2.09. The lowest BCUT2D eigenvalue weighted by Gasteiger charge is -2.33. The molecule has 0 bridgehead atoms. The van der Waals surface area contributed by atoms with E-state index in [4.69, 9.17) is 0 Å². The van der Waals surface area contributed by atoms with Crippen molar-refractivity contribution in [1.82, 2.24) is 14.9 Å². The number of carbonyl (C=O) groups is 1. The van der Waals surface area contributed by atoms with Gasteiger partial charge in [0.1, 0.15) is 5.82 Å². The van der Waals surface area contributed by atoms with E-state index in [2.05, 4.69) is 32.1 Å². The summed E-state index contributed by atoms with van der Waals surface area (Å²) in [5.41, 5.74) is 3.88. The Bertz CT molecular complexity index is 939. The number of H-pyrrole nitrogens is 1. The molecular formula is C21H25N5O. The molecule has 1 aliphatic heterocycles. The molecule has 1 amide bonds. The van der Waals surface area contributed by atoms with Gasteiger partial charge >= 0.3 is 0 Å². The molecule has 1 fully saturated rings. The van der Waals surface area contributed by atoms with E-state index in [-0.39, 0.29) is 5.91 Å². The Morgan fingerprint density at radius 2 is 1.93 bits per heavy atom. The molecule has 6 heteroatoms. The Morgan fingerprint density at radius 3 is 2.67 bits per heavy atom. The first-order valence-corrected chi connectivity index (χ1v) is 9.36. The number of aromatic amines is 1. The number of aromatic nitrogens is 2. The molecule has 1 saturated heterocycles. The highest BCUT2D eigenvalue weighted by molar-refractivity contribution is 5.96. The number of fused-ring (bicyclic) bond motifs is 1. The highest BCUT2D eigenvalue weighted by atomic mass is 16.1. The van der Waals surface area contributed by atoms with Gasteiger partial charge in [-0.15, -0.1) is 0 Å². The van der Waals surface area contributed by atoms with Gasteiger partial charge in [-0.05, 0) is 37.7 Å². The molecule has 2 N–H and O–H groups in total. The van der Waals surface area contributed by atoms with Crippen molar-refractivity contribution in [3.05, 3.63) is 53.9 Å². The van der Waals surface area contributed by atoms with Crippen molar-refractivity contribution < 1.29 is 4.79 Å². The summed E-state index contributed by atoms with van der Waals surface area (Å²) < 4.78 is 0. The van der Waals surface area contributed by atoms with Gasteiger partial charge in [0, 0.05) is 42.8 Å². The molecule has 140 valence electrons. The first-order chi connectivity index (χ1) is 13.1. The van der Waals surface area contributed by atoms with Crippen LogP contribution in [0.4, 0.5) is 11.5 Å². The summed E-state index contributed by atoms with van der Waals surface area (Å²) in [4.78, 5) is 25.0. The van der Waals surface area contributed by atoms with Gasteiger partial charge in [-0.3, -0.25) is 4.79 Å². The second-order valence-corrected chi connectivity index (χ2v) is 7.19. The van der Waals surface area contributed by atoms with E-state index in [0.29, 0.717) is 6.42 Å². The van der Waals surface area contributed by atoms with Crippen LogP contribution in [-0.2, 0) is 11.2 Å². The Balaban J connectivity index is 1.41. The van der Waals surface area contributed by atoms with Crippen LogP contribution < -0.4 is 10.2 Å². The molecule has 3 heterocycles. The summed E-state index contributed by atoms with van der Waals surface area (Å²) in [6.45, 7) is 6.06. The number of nitrogens with one attached hydrogen (secondary N) is 2. The molecule has 0 aliphatic carbocycles. The van der Waals surface area contributed by atoms with E-state index in [1.165, 1.54) is 0 Å². The predicted octanol–water partition coefficient (Wildman–Crippen LogP) is 2.80. The number of amides is 1. The van der Waals surface area contributed by atoms with E-state index >= 15 is 0 Å². The van der Waals surface area contributed by atoms with Gasteiger partial charge in [-0.2, -0.15) is 0 Å². The van der Waals surface area contributed by atoms with E-state index in [1.807, 2.05) is 43.3 Å². The van der Waals surface area contributed by atoms with Gasteiger partial charge in [0.05, 0.1) is 18.3 Å². The number of nitrogens with zero attached hydrogens (tertiary/aromatic N) is 3. The van der Waals surface area contributed by atoms with E-state index in [9.17, 15) is 4.79 Å². The second-order valence-electron chi connectivity index (χ2n) is 7.19. The Kier molecular flexibility index (Phi) is 4.81. The zero-order valence-corrected chi connectivity index (χ0v) is 15.8. The van der Waals surface area contributed by atoms with Crippen molar-refractivity contribution in [1.29, 1.82) is 0 Å². The van der Waals surface area contributed by atoms with E-state index < -0.39 is 0 Å². The van der Waals surface area contributed by atoms with E-state index in [1.54, 1.807) is 6.20 Å². The summed E-state index contributed by atoms with van der Waals surface area (Å²) in [5, 5.41) is 4.07. The molecule has 3 aromatic rings. The Labute approximate surface area is 159 Å². The predicted molar refractivity (Wildman–Crippen MR) is 109 cm³/mol. The smallest absolute Gasteiger partial charge is 0.228 e. The van der Waals surface area contributed by atoms with Gasteiger partial charge < -0.3 is 20.1 Å². The molecular weight excluding hydrogens is 338 g/mol. The van der Waals surface area contributed by atoms with Crippen molar-refractivity contribution in [2.45, 2.75) is 13.3 Å². The first-order valence-electron chi connectivity index (χ1n) is 9.36. The Hall–Kier alpha value is -2.86. The number of pyridine rings is 1. The van der Waals surface area contributed by atoms with Crippen LogP contribution in [0.5, 0.6) is 0 Å². The van der Waals surface area contributed by atoms with Crippen LogP contribution in [0.25, 0.3) is 10.9 Å². The summed E-state index contributed by atoms with van der Waals surface area (Å²) in [7, 11) is 2.14. The van der Waals surface area contributed by atoms with Crippen LogP contribution in [0.1, 0.15) is 11.3 Å². The highest BCUT2D eigenvalue weighted by Crippen LogP contribution is 2.23. The highest BCUT2D eigenvalue weighted by Gasteiger charge is 2.16. The minimum Gasteiger partial charge on any atom is -0.358 e. The number of hydrogen-bond acceptors (Lipinski definition) is 4. The maximum absolute atomic E-state index is 12.5. The number of hydrogen-bond donors (Lipinski definition) is 2. The number of anilines is 2. The molecule has 0 atom stereocenters. The van der Waals surface area contributed by atoms with Crippen LogP contribution >= 0.6 is 0 Å². The van der Waals surface area contributed by atoms with Gasteiger partial charge in [0.2, 0.25) is 5.91 Å². The number of aryl methyl sites for hydroxylation is 1. The van der Waals surface area contributed by atoms with Crippen molar-refractivity contribution in [2.24, 2.45) is 0 Å². The average molecular weight is 363 g/mol. The molecule has 1 aliphatic rings. The largest absolute Gasteiger partial charge is 0.358 e. The molecule has 6 nitrogen and oxygen atoms in total. The number of carbonyl (C=O) groups excluding carboxylic acids is 1. The number of likely N-dealkylation sites (N-methyl/N-ethyl adjacent to an activating group) is 1. The molecule has 0 radical (unpaired) electrons. The normalized spacial score (nSPS) is 15.3. The molecule has 2 aromatic heterocycles. The fourth-order valence-electron chi connectivity index (χ4n) is 3.61. The maximum Gasteiger partial charge on any atom is 0.228 e. The minimum atomic E-state index is -0.0306. The van der Waals surface area contributed by atoms with Crippen molar-refractivity contribution >= 4 is 28.3 Å². The summed E-state index contributed by atoms with van der Waals surface area (Å²) >= 11 is 0. The number of benzene rings is 1. The van der Waals surface area contributed by atoms with Crippen molar-refractivity contribution in [3.63, 3.8) is 0 Å². The molecule has 1 aromatic carbocycles. The summed E-state index contributed by atoms with van der Waals surface area (Å²) in [5.74, 6) is 0.936. The number of rotatable bonds is 4. The van der Waals surface area contributed by atoms with E-state index in [0.717, 1.165) is 59.8 Å². The lowest BCUT2D eigenvalue weighted by Crippen LogP contribution is -2.44. The first kappa shape index (κ1) is 17.5. The number of piperazine rings is 1. The van der Waals surface area contributed by atoms with Crippen LogP contribution in [0, 0.1) is 6.92 Å². The maximum atomic E-state index is 12.5. The second kappa shape index (κ2) is 7.40. The third kappa shape index (κ3) is 3.80. The van der Waals surface area contributed by atoms with Crippen LogP contribution in [-0.4, -0.2) is 54.0 Å². The molecule has 0 spiro atoms. The topological polar surface area (TPSA) is 64.3 Å². The van der Waals surface area contributed by atoms with Crippen LogP contribution in [0.2, 0.25) is 0 Å². The fourth-order valence-corrected chi connectivity index (χ4v) is 3.61. The van der Waals surface area contributed by atoms with Gasteiger partial charge in [-0.1, -0.05) is 18.2 Å². The molecule has 27 heavy (non-hydrogen) atoms. The van der Waals surface area contributed by atoms with Gasteiger partial charge in [0.25, 0.3) is 0 Å². The summed E-state index contributed by atoms with van der Waals surface area (Å²) in [6, 6.07) is 12.0. The van der Waals surface area contributed by atoms with Crippen LogP contribution in [0.3, 0.4) is 0 Å². The molecule has 0 saturated carbocycles. The number of para-hydroxylation sites is 1. The Morgan fingerprint density at radius 1 is 1.15 bits per heavy atom. The minimum absolute atomic E-state index is 0.0306. The lowest BCUT2D eigenvalue weighted by atomic mass is 10.1. The third-order valence-corrected chi connectivity index (χ3v) is 5.22. The SMILES string of the molecule is Cc1[nH]c2ccccc2c1CC(=O)Nc1ccc(N2CCN(C)CC2)nc1. The molecule has 4 rings (SSSR count). The van der Waals surface area contributed by atoms with Crippen molar-refractivity contribution in [2.75, 3.05) is 43.4 Å².